The van der Waals surface area contributed by atoms with Gasteiger partial charge in [0.2, 0.25) is 0 Å². The van der Waals surface area contributed by atoms with Crippen molar-refractivity contribution in [2.24, 2.45) is 0 Å². The number of nitrogens with zero attached hydrogens (tertiary/aromatic N) is 1. The molecule has 140 valence electrons. The maximum absolute atomic E-state index is 11.5. The highest BCUT2D eigenvalue weighted by Crippen LogP contribution is 2.07. The summed E-state index contributed by atoms with van der Waals surface area (Å²) in [4.78, 5) is 15.4. The molecular formula is C20H25NO5. The summed E-state index contributed by atoms with van der Waals surface area (Å²) in [5.74, 6) is 5.21. The Hall–Kier alpha value is -2.46. The first-order valence-corrected chi connectivity index (χ1v) is 8.18. The maximum Gasteiger partial charge on any atom is 0.332 e. The average Bonchev–Trinajstić information content (AvgIpc) is 2.57. The molecule has 0 spiro atoms. The summed E-state index contributed by atoms with van der Waals surface area (Å²) in [5, 5.41) is 19.6. The van der Waals surface area contributed by atoms with E-state index in [2.05, 4.69) is 16.8 Å². The lowest BCUT2D eigenvalue weighted by Gasteiger charge is -2.20. The molecule has 6 heteroatoms. The van der Waals surface area contributed by atoms with Crippen LogP contribution in [0.2, 0.25) is 0 Å². The third kappa shape index (κ3) is 10.4. The van der Waals surface area contributed by atoms with Crippen LogP contribution in [0.4, 0.5) is 0 Å². The Balaban J connectivity index is 2.30. The van der Waals surface area contributed by atoms with Gasteiger partial charge in [0, 0.05) is 18.0 Å². The van der Waals surface area contributed by atoms with Gasteiger partial charge in [-0.1, -0.05) is 30.1 Å². The summed E-state index contributed by atoms with van der Waals surface area (Å²) < 4.78 is 10.1. The quantitative estimate of drug-likeness (QED) is 0.437. The maximum atomic E-state index is 11.5. The van der Waals surface area contributed by atoms with Crippen LogP contribution in [-0.2, 0) is 14.3 Å². The van der Waals surface area contributed by atoms with Crippen LogP contribution in [0, 0.1) is 11.8 Å². The lowest BCUT2D eigenvalue weighted by Crippen LogP contribution is -2.31. The minimum Gasteiger partial charge on any atom is -0.458 e. The fraction of sp³-hybridized carbons (Fsp3) is 0.400. The highest BCUT2D eigenvalue weighted by Gasteiger charge is 2.18. The minimum atomic E-state index is -1.15. The molecule has 0 unspecified atom stereocenters. The summed E-state index contributed by atoms with van der Waals surface area (Å²) in [7, 11) is 0. The highest BCUT2D eigenvalue weighted by molar-refractivity contribution is 5.71. The topological polar surface area (TPSA) is 88.9 Å². The number of rotatable bonds is 7. The van der Waals surface area contributed by atoms with Crippen LogP contribution in [0.5, 0.6) is 0 Å². The lowest BCUT2D eigenvalue weighted by atomic mass is 10.2. The number of hydrogen-bond acceptors (Lipinski definition) is 6. The smallest absolute Gasteiger partial charge is 0.332 e. The summed E-state index contributed by atoms with van der Waals surface area (Å²) in [6.07, 6.45) is 7.29. The van der Waals surface area contributed by atoms with Crippen molar-refractivity contribution in [1.82, 2.24) is 4.98 Å². The Bertz CT molecular complexity index is 665. The van der Waals surface area contributed by atoms with Crippen molar-refractivity contribution in [1.29, 1.82) is 0 Å². The van der Waals surface area contributed by atoms with Crippen LogP contribution in [0.25, 0.3) is 0 Å². The van der Waals surface area contributed by atoms with Crippen LogP contribution in [0.15, 0.2) is 48.8 Å². The molecule has 1 aromatic heterocycles. The first kappa shape index (κ1) is 21.6. The first-order chi connectivity index (χ1) is 12.3. The van der Waals surface area contributed by atoms with Crippen LogP contribution in [0.1, 0.15) is 26.3 Å². The van der Waals surface area contributed by atoms with Crippen molar-refractivity contribution in [3.05, 3.63) is 54.4 Å². The van der Waals surface area contributed by atoms with Crippen LogP contribution < -0.4 is 0 Å². The second kappa shape index (κ2) is 11.2. The molecule has 0 fully saturated rings. The summed E-state index contributed by atoms with van der Waals surface area (Å²) in [5.41, 5.74) is 0.215. The monoisotopic (exact) mass is 359 g/mol. The lowest BCUT2D eigenvalue weighted by molar-refractivity contribution is -0.161. The van der Waals surface area contributed by atoms with Gasteiger partial charge in [-0.05, 0) is 39.0 Å². The van der Waals surface area contributed by atoms with Crippen LogP contribution in [-0.4, -0.2) is 52.2 Å². The molecule has 0 saturated heterocycles. The van der Waals surface area contributed by atoms with Crippen molar-refractivity contribution < 1.29 is 24.5 Å². The Labute approximate surface area is 154 Å². The largest absolute Gasteiger partial charge is 0.458 e. The molecule has 2 atom stereocenters. The van der Waals surface area contributed by atoms with E-state index in [4.69, 9.17) is 9.47 Å². The van der Waals surface area contributed by atoms with E-state index in [9.17, 15) is 15.0 Å². The minimum absolute atomic E-state index is 0.185. The molecule has 1 heterocycles. The fourth-order valence-electron chi connectivity index (χ4n) is 1.70. The van der Waals surface area contributed by atoms with E-state index < -0.39 is 23.8 Å². The van der Waals surface area contributed by atoms with E-state index in [0.29, 0.717) is 0 Å². The summed E-state index contributed by atoms with van der Waals surface area (Å²) in [6.45, 7) is 4.79. The summed E-state index contributed by atoms with van der Waals surface area (Å²) >= 11 is 0. The molecule has 0 amide bonds. The van der Waals surface area contributed by atoms with E-state index >= 15 is 0 Å². The molecule has 0 aliphatic rings. The zero-order valence-electron chi connectivity index (χ0n) is 15.3. The molecule has 6 nitrogen and oxygen atoms in total. The normalized spacial score (nSPS) is 14.0. The van der Waals surface area contributed by atoms with Crippen LogP contribution >= 0.6 is 0 Å². The number of pyridine rings is 1. The van der Waals surface area contributed by atoms with Gasteiger partial charge in [0.25, 0.3) is 0 Å². The van der Waals surface area contributed by atoms with Gasteiger partial charge in [0.15, 0.2) is 0 Å². The number of aromatic nitrogens is 1. The number of carbonyl (C=O) groups excluding carboxylic acids is 1. The van der Waals surface area contributed by atoms with E-state index in [1.807, 2.05) is 6.07 Å². The number of esters is 1. The number of allylic oxidation sites excluding steroid dienone is 3. The second-order valence-electron chi connectivity index (χ2n) is 6.41. The molecule has 2 N–H and O–H groups in total. The predicted molar refractivity (Wildman–Crippen MR) is 98.1 cm³/mol. The van der Waals surface area contributed by atoms with Gasteiger partial charge in [-0.3, -0.25) is 4.98 Å². The molecule has 0 radical (unpaired) electrons. The van der Waals surface area contributed by atoms with E-state index in [1.165, 1.54) is 6.08 Å². The van der Waals surface area contributed by atoms with Gasteiger partial charge in [-0.15, -0.1) is 0 Å². The van der Waals surface area contributed by atoms with Crippen LogP contribution in [0.3, 0.4) is 0 Å². The Morgan fingerprint density at radius 3 is 2.77 bits per heavy atom. The van der Waals surface area contributed by atoms with Gasteiger partial charge in [-0.25, -0.2) is 4.79 Å². The number of aliphatic hydroxyl groups excluding tert-OH is 2. The average molecular weight is 359 g/mol. The third-order valence-electron chi connectivity index (χ3n) is 2.80. The van der Waals surface area contributed by atoms with E-state index in [1.54, 1.807) is 57.5 Å². The van der Waals surface area contributed by atoms with Gasteiger partial charge < -0.3 is 19.7 Å². The molecule has 0 bridgehead atoms. The summed E-state index contributed by atoms with van der Waals surface area (Å²) in [6, 6.07) is 3.65. The van der Waals surface area contributed by atoms with Crippen molar-refractivity contribution in [2.45, 2.75) is 38.6 Å². The van der Waals surface area contributed by atoms with Crippen molar-refractivity contribution in [2.75, 3.05) is 13.2 Å². The van der Waals surface area contributed by atoms with Gasteiger partial charge in [-0.2, -0.15) is 0 Å². The standard InChI is InChI=1S/C20H25NO5/c1-20(2,3)26-19(24)15-25-14-18(23)17(22)11-7-5-4-6-9-16-10-8-12-21-13-16/h4-5,7-8,10-13,17-18,22-23H,14-15H2,1-3H3/b5-4+,11-7+/t17-,18+/m1/s1. The number of carbonyl (C=O) groups is 1. The van der Waals surface area contributed by atoms with Gasteiger partial charge >= 0.3 is 5.97 Å². The Kier molecular flexibility index (Phi) is 9.31. The predicted octanol–water partition coefficient (Wildman–Crippen LogP) is 1.63. The van der Waals surface area contributed by atoms with Crippen molar-refractivity contribution >= 4 is 5.97 Å². The Morgan fingerprint density at radius 2 is 2.12 bits per heavy atom. The molecule has 0 aliphatic carbocycles. The molecule has 1 aromatic rings. The van der Waals surface area contributed by atoms with Gasteiger partial charge in [0.1, 0.15) is 24.4 Å². The molecule has 26 heavy (non-hydrogen) atoms. The zero-order valence-corrected chi connectivity index (χ0v) is 15.3. The van der Waals surface area contributed by atoms with Crippen molar-refractivity contribution in [3.8, 4) is 11.8 Å². The fourth-order valence-corrected chi connectivity index (χ4v) is 1.70. The SMILES string of the molecule is CC(C)(C)OC(=O)COC[C@H](O)[C@H](O)/C=C/C=C/C#Cc1cccnc1. The molecule has 0 aliphatic heterocycles. The number of hydrogen-bond donors (Lipinski definition) is 2. The molecular weight excluding hydrogens is 334 g/mol. The molecule has 1 rings (SSSR count). The highest BCUT2D eigenvalue weighted by atomic mass is 16.6. The molecule has 0 saturated carbocycles. The Morgan fingerprint density at radius 1 is 1.35 bits per heavy atom. The van der Waals surface area contributed by atoms with E-state index in [0.717, 1.165) is 5.56 Å². The third-order valence-corrected chi connectivity index (χ3v) is 2.80. The zero-order chi connectivity index (χ0) is 19.4. The van der Waals surface area contributed by atoms with E-state index in [-0.39, 0.29) is 13.2 Å². The molecule has 0 aromatic carbocycles. The number of aliphatic hydroxyl groups is 2. The first-order valence-electron chi connectivity index (χ1n) is 8.18. The second-order valence-corrected chi connectivity index (χ2v) is 6.41. The number of ether oxygens (including phenoxy) is 2. The van der Waals surface area contributed by atoms with Gasteiger partial charge in [0.05, 0.1) is 6.61 Å². The van der Waals surface area contributed by atoms with Crippen molar-refractivity contribution in [3.63, 3.8) is 0 Å².